The highest BCUT2D eigenvalue weighted by molar-refractivity contribution is 7.99. The fraction of sp³-hybridized carbons (Fsp3) is 0.333. The zero-order chi connectivity index (χ0) is 23.4. The number of nitrogens with zero attached hydrogens (tertiary/aromatic N) is 4. The van der Waals surface area contributed by atoms with E-state index in [1.807, 2.05) is 31.2 Å². The van der Waals surface area contributed by atoms with Gasteiger partial charge in [-0.1, -0.05) is 36.7 Å². The van der Waals surface area contributed by atoms with Crippen molar-refractivity contribution in [2.45, 2.75) is 45.0 Å². The highest BCUT2D eigenvalue weighted by atomic mass is 35.5. The van der Waals surface area contributed by atoms with E-state index in [0.717, 1.165) is 29.9 Å². The quantitative estimate of drug-likeness (QED) is 0.304. The Morgan fingerprint density at radius 1 is 1.18 bits per heavy atom. The second kappa shape index (κ2) is 10.4. The Morgan fingerprint density at radius 3 is 2.67 bits per heavy atom. The second-order valence-electron chi connectivity index (χ2n) is 7.47. The zero-order valence-corrected chi connectivity index (χ0v) is 20.3. The molecule has 0 radical (unpaired) electrons. The van der Waals surface area contributed by atoms with Gasteiger partial charge in [0.1, 0.15) is 5.75 Å². The van der Waals surface area contributed by atoms with Gasteiger partial charge in [0.2, 0.25) is 23.2 Å². The molecule has 0 saturated heterocycles. The summed E-state index contributed by atoms with van der Waals surface area (Å²) in [5.74, 6) is 1.77. The predicted octanol–water partition coefficient (Wildman–Crippen LogP) is 5.93. The van der Waals surface area contributed by atoms with Gasteiger partial charge >= 0.3 is 0 Å². The van der Waals surface area contributed by atoms with Gasteiger partial charge < -0.3 is 9.47 Å². The summed E-state index contributed by atoms with van der Waals surface area (Å²) in [6.07, 6.45) is 1.39. The fourth-order valence-electron chi connectivity index (χ4n) is 3.56. The molecule has 33 heavy (non-hydrogen) atoms. The molecule has 1 atom stereocenters. The summed E-state index contributed by atoms with van der Waals surface area (Å²) in [5.41, 5.74) is 2.51. The van der Waals surface area contributed by atoms with E-state index in [9.17, 15) is 4.79 Å². The van der Waals surface area contributed by atoms with Crippen LogP contribution >= 0.6 is 23.4 Å². The maximum absolute atomic E-state index is 12.9. The maximum atomic E-state index is 12.9. The number of anilines is 1. The average Bonchev–Trinajstić information content (AvgIpc) is 2.94. The van der Waals surface area contributed by atoms with Crippen molar-refractivity contribution < 1.29 is 14.3 Å². The van der Waals surface area contributed by atoms with Gasteiger partial charge in [-0.25, -0.2) is 0 Å². The Kier molecular flexibility index (Phi) is 7.35. The first-order chi connectivity index (χ1) is 16.0. The number of hydrogen-bond donors (Lipinski definition) is 0. The summed E-state index contributed by atoms with van der Waals surface area (Å²) >= 11 is 7.84. The van der Waals surface area contributed by atoms with Crippen LogP contribution in [0.3, 0.4) is 0 Å². The number of fused-ring (bicyclic) bond motifs is 3. The van der Waals surface area contributed by atoms with Crippen LogP contribution in [0.4, 0.5) is 5.69 Å². The number of amides is 1. The third-order valence-corrected chi connectivity index (χ3v) is 6.27. The van der Waals surface area contributed by atoms with Crippen LogP contribution in [0, 0.1) is 0 Å². The van der Waals surface area contributed by atoms with Crippen molar-refractivity contribution in [3.8, 4) is 22.9 Å². The van der Waals surface area contributed by atoms with E-state index in [1.165, 1.54) is 18.7 Å². The van der Waals surface area contributed by atoms with Crippen LogP contribution in [0.15, 0.2) is 47.6 Å². The molecule has 0 spiro atoms. The summed E-state index contributed by atoms with van der Waals surface area (Å²) in [6, 6.07) is 12.8. The van der Waals surface area contributed by atoms with Crippen molar-refractivity contribution in [1.82, 2.24) is 15.2 Å². The maximum Gasteiger partial charge on any atom is 0.247 e. The highest BCUT2D eigenvalue weighted by Crippen LogP contribution is 2.44. The number of benzene rings is 2. The van der Waals surface area contributed by atoms with Crippen molar-refractivity contribution in [1.29, 1.82) is 0 Å². The van der Waals surface area contributed by atoms with Crippen molar-refractivity contribution >= 4 is 35.0 Å². The van der Waals surface area contributed by atoms with E-state index in [0.29, 0.717) is 39.6 Å². The van der Waals surface area contributed by atoms with E-state index in [2.05, 4.69) is 22.1 Å². The number of unbranched alkanes of at least 4 members (excludes halogenated alkanes) is 1. The number of carbonyl (C=O) groups excluding carboxylic acids is 1. The van der Waals surface area contributed by atoms with Gasteiger partial charge in [0, 0.05) is 28.8 Å². The number of carbonyl (C=O) groups is 1. The normalized spacial score (nSPS) is 14.7. The molecule has 7 nitrogen and oxygen atoms in total. The Balaban J connectivity index is 1.83. The van der Waals surface area contributed by atoms with Crippen molar-refractivity contribution in [2.75, 3.05) is 17.3 Å². The largest absolute Gasteiger partial charge is 0.494 e. The summed E-state index contributed by atoms with van der Waals surface area (Å²) in [4.78, 5) is 19.1. The van der Waals surface area contributed by atoms with Crippen molar-refractivity contribution in [3.05, 3.63) is 53.1 Å². The van der Waals surface area contributed by atoms with E-state index < -0.39 is 6.23 Å². The molecule has 1 aliphatic rings. The summed E-state index contributed by atoms with van der Waals surface area (Å²) in [5, 5.41) is 9.77. The Labute approximate surface area is 202 Å². The molecule has 172 valence electrons. The molecule has 1 aromatic heterocycles. The molecule has 1 unspecified atom stereocenters. The van der Waals surface area contributed by atoms with E-state index >= 15 is 0 Å². The van der Waals surface area contributed by atoms with E-state index in [1.54, 1.807) is 23.1 Å². The number of ether oxygens (including phenoxy) is 2. The lowest BCUT2D eigenvalue weighted by atomic mass is 10.1. The molecule has 0 saturated carbocycles. The SMILES string of the molecule is CCCCSc1nnc2c(n1)OC(c1ccc(OCC)cc1)N(C(C)=O)c1ccc(Cl)cc1-2. The predicted molar refractivity (Wildman–Crippen MR) is 130 cm³/mol. The van der Waals surface area contributed by atoms with Crippen LogP contribution in [0.25, 0.3) is 11.3 Å². The smallest absolute Gasteiger partial charge is 0.247 e. The number of halogens is 1. The molecule has 1 aliphatic heterocycles. The molecule has 9 heteroatoms. The molecule has 2 aromatic carbocycles. The molecule has 0 bridgehead atoms. The average molecular weight is 485 g/mol. The molecule has 2 heterocycles. The standard InChI is InChI=1S/C24H25ClN4O3S/c1-4-6-13-33-24-26-22-21(27-28-24)19-14-17(25)9-12-20(19)29(15(3)30)23(32-22)16-7-10-18(11-8-16)31-5-2/h7-12,14,23H,4-6,13H2,1-3H3. The number of aromatic nitrogens is 3. The number of hydrogen-bond acceptors (Lipinski definition) is 7. The van der Waals surface area contributed by atoms with Gasteiger partial charge in [-0.3, -0.25) is 9.69 Å². The first-order valence-electron chi connectivity index (χ1n) is 10.9. The van der Waals surface area contributed by atoms with Crippen LogP contribution in [-0.2, 0) is 4.79 Å². The minimum atomic E-state index is -0.746. The molecule has 0 aliphatic carbocycles. The molecule has 1 amide bonds. The molecular formula is C24H25ClN4O3S. The van der Waals surface area contributed by atoms with Crippen LogP contribution in [-0.4, -0.2) is 33.4 Å². The molecular weight excluding hydrogens is 460 g/mol. The van der Waals surface area contributed by atoms with Gasteiger partial charge in [-0.15, -0.1) is 10.2 Å². The minimum absolute atomic E-state index is 0.184. The number of thioether (sulfide) groups is 1. The lowest BCUT2D eigenvalue weighted by Crippen LogP contribution is -2.36. The lowest BCUT2D eigenvalue weighted by Gasteiger charge is -2.30. The van der Waals surface area contributed by atoms with Crippen molar-refractivity contribution in [2.24, 2.45) is 0 Å². The van der Waals surface area contributed by atoms with Crippen LogP contribution in [0.2, 0.25) is 5.02 Å². The Hall–Kier alpha value is -2.84. The first kappa shape index (κ1) is 23.3. The zero-order valence-electron chi connectivity index (χ0n) is 18.7. The lowest BCUT2D eigenvalue weighted by molar-refractivity contribution is -0.118. The highest BCUT2D eigenvalue weighted by Gasteiger charge is 2.34. The van der Waals surface area contributed by atoms with Gasteiger partial charge in [0.05, 0.1) is 12.3 Å². The monoisotopic (exact) mass is 484 g/mol. The summed E-state index contributed by atoms with van der Waals surface area (Å²) in [6.45, 7) is 6.14. The Morgan fingerprint density at radius 2 is 1.97 bits per heavy atom. The van der Waals surface area contributed by atoms with Gasteiger partial charge in [0.25, 0.3) is 0 Å². The number of rotatable bonds is 7. The third kappa shape index (κ3) is 5.07. The van der Waals surface area contributed by atoms with Crippen molar-refractivity contribution in [3.63, 3.8) is 0 Å². The van der Waals surface area contributed by atoms with Crippen LogP contribution < -0.4 is 14.4 Å². The van der Waals surface area contributed by atoms with Gasteiger partial charge in [0.15, 0.2) is 5.69 Å². The van der Waals surface area contributed by atoms with Gasteiger partial charge in [-0.05, 0) is 55.8 Å². The minimum Gasteiger partial charge on any atom is -0.494 e. The molecule has 4 rings (SSSR count). The van der Waals surface area contributed by atoms with Crippen LogP contribution in [0.1, 0.15) is 45.4 Å². The topological polar surface area (TPSA) is 77.4 Å². The third-order valence-electron chi connectivity index (χ3n) is 5.11. The summed E-state index contributed by atoms with van der Waals surface area (Å²) < 4.78 is 11.9. The Bertz CT molecular complexity index is 1140. The molecule has 0 N–H and O–H groups in total. The van der Waals surface area contributed by atoms with E-state index in [4.69, 9.17) is 21.1 Å². The van der Waals surface area contributed by atoms with Gasteiger partial charge in [-0.2, -0.15) is 4.98 Å². The second-order valence-corrected chi connectivity index (χ2v) is 8.97. The first-order valence-corrected chi connectivity index (χ1v) is 12.2. The summed E-state index contributed by atoms with van der Waals surface area (Å²) in [7, 11) is 0. The molecule has 3 aromatic rings. The fourth-order valence-corrected chi connectivity index (χ4v) is 4.59. The molecule has 0 fully saturated rings. The van der Waals surface area contributed by atoms with E-state index in [-0.39, 0.29) is 5.91 Å². The van der Waals surface area contributed by atoms with Crippen LogP contribution in [0.5, 0.6) is 11.6 Å².